The highest BCUT2D eigenvalue weighted by atomic mass is 32.1. The van der Waals surface area contributed by atoms with Crippen LogP contribution in [0.3, 0.4) is 0 Å². The monoisotopic (exact) mass is 305 g/mol. The number of nitrogens with one attached hydrogen (secondary N) is 2. The van der Waals surface area contributed by atoms with Crippen LogP contribution >= 0.6 is 11.3 Å². The lowest BCUT2D eigenvalue weighted by Gasteiger charge is -2.20. The van der Waals surface area contributed by atoms with E-state index in [1.54, 1.807) is 0 Å². The van der Waals surface area contributed by atoms with Crippen LogP contribution in [0.4, 0.5) is 5.13 Å². The second-order valence-corrected chi connectivity index (χ2v) is 6.38. The number of thiazole rings is 1. The Bertz CT molecular complexity index is 679. The zero-order valence-corrected chi connectivity index (χ0v) is 13.4. The van der Waals surface area contributed by atoms with E-state index < -0.39 is 6.04 Å². The van der Waals surface area contributed by atoms with Crippen molar-refractivity contribution in [3.05, 3.63) is 23.8 Å². The number of para-hydroxylation sites is 1. The Morgan fingerprint density at radius 2 is 2.00 bits per heavy atom. The molecule has 2 aromatic rings. The third-order valence-corrected chi connectivity index (χ3v) is 4.09. The van der Waals surface area contributed by atoms with Gasteiger partial charge in [0.15, 0.2) is 5.13 Å². The van der Waals surface area contributed by atoms with Gasteiger partial charge in [-0.15, -0.1) is 0 Å². The van der Waals surface area contributed by atoms with Crippen molar-refractivity contribution in [1.29, 1.82) is 0 Å². The van der Waals surface area contributed by atoms with Crippen LogP contribution in [0.25, 0.3) is 10.2 Å². The molecule has 0 aliphatic rings. The molecule has 0 saturated heterocycles. The van der Waals surface area contributed by atoms with Gasteiger partial charge < -0.3 is 10.6 Å². The van der Waals surface area contributed by atoms with Crippen molar-refractivity contribution >= 4 is 38.5 Å². The van der Waals surface area contributed by atoms with E-state index in [1.165, 1.54) is 18.3 Å². The normalized spacial score (nSPS) is 12.4. The van der Waals surface area contributed by atoms with Crippen LogP contribution in [0, 0.1) is 12.8 Å². The molecule has 1 aromatic heterocycles. The topological polar surface area (TPSA) is 71.1 Å². The molecule has 0 saturated carbocycles. The van der Waals surface area contributed by atoms with Crippen molar-refractivity contribution in [2.24, 2.45) is 5.92 Å². The van der Waals surface area contributed by atoms with Gasteiger partial charge in [0.25, 0.3) is 0 Å². The Labute approximate surface area is 127 Å². The maximum Gasteiger partial charge on any atom is 0.248 e. The number of carbonyl (C=O) groups excluding carboxylic acids is 2. The van der Waals surface area contributed by atoms with Gasteiger partial charge in [0, 0.05) is 6.92 Å². The second-order valence-electron chi connectivity index (χ2n) is 5.35. The highest BCUT2D eigenvalue weighted by molar-refractivity contribution is 7.22. The van der Waals surface area contributed by atoms with E-state index in [4.69, 9.17) is 0 Å². The molecule has 6 heteroatoms. The van der Waals surface area contributed by atoms with Gasteiger partial charge in [0.2, 0.25) is 11.8 Å². The van der Waals surface area contributed by atoms with Gasteiger partial charge in [0.05, 0.1) is 10.2 Å². The number of nitrogens with zero attached hydrogens (tertiary/aromatic N) is 1. The summed E-state index contributed by atoms with van der Waals surface area (Å²) >= 11 is 1.43. The molecule has 1 unspecified atom stereocenters. The minimum Gasteiger partial charge on any atom is -0.344 e. The van der Waals surface area contributed by atoms with Crippen LogP contribution in [-0.2, 0) is 9.59 Å². The van der Waals surface area contributed by atoms with Crippen molar-refractivity contribution in [1.82, 2.24) is 10.3 Å². The van der Waals surface area contributed by atoms with Gasteiger partial charge in [-0.05, 0) is 24.5 Å². The van der Waals surface area contributed by atoms with Gasteiger partial charge in [-0.25, -0.2) is 4.98 Å². The molecule has 5 nitrogen and oxygen atoms in total. The Balaban J connectivity index is 2.20. The van der Waals surface area contributed by atoms with Crippen molar-refractivity contribution in [2.45, 2.75) is 33.7 Å². The summed E-state index contributed by atoms with van der Waals surface area (Å²) in [4.78, 5) is 27.9. The first-order chi connectivity index (χ1) is 9.88. The van der Waals surface area contributed by atoms with E-state index in [1.807, 2.05) is 39.0 Å². The predicted octanol–water partition coefficient (Wildman–Crippen LogP) is 2.70. The number of anilines is 1. The number of hydrogen-bond donors (Lipinski definition) is 2. The van der Waals surface area contributed by atoms with E-state index >= 15 is 0 Å². The van der Waals surface area contributed by atoms with E-state index in [9.17, 15) is 9.59 Å². The van der Waals surface area contributed by atoms with Crippen LogP contribution in [0.2, 0.25) is 0 Å². The summed E-state index contributed by atoms with van der Waals surface area (Å²) in [6.45, 7) is 7.18. The Morgan fingerprint density at radius 3 is 2.57 bits per heavy atom. The van der Waals surface area contributed by atoms with Crippen LogP contribution in [0.1, 0.15) is 26.3 Å². The molecule has 2 N–H and O–H groups in total. The fourth-order valence-electron chi connectivity index (χ4n) is 2.08. The first-order valence-corrected chi connectivity index (χ1v) is 7.64. The molecule has 2 rings (SSSR count). The van der Waals surface area contributed by atoms with Crippen molar-refractivity contribution in [3.8, 4) is 0 Å². The molecule has 2 amide bonds. The number of rotatable bonds is 4. The molecule has 0 radical (unpaired) electrons. The van der Waals surface area contributed by atoms with Crippen molar-refractivity contribution < 1.29 is 9.59 Å². The molecular formula is C15H19N3O2S. The minimum absolute atomic E-state index is 0.00464. The molecule has 0 fully saturated rings. The molecular weight excluding hydrogens is 286 g/mol. The lowest BCUT2D eigenvalue weighted by molar-refractivity contribution is -0.126. The summed E-state index contributed by atoms with van der Waals surface area (Å²) in [6, 6.07) is 5.37. The zero-order valence-electron chi connectivity index (χ0n) is 12.6. The number of amides is 2. The van der Waals surface area contributed by atoms with Crippen LogP contribution in [-0.4, -0.2) is 22.8 Å². The summed E-state index contributed by atoms with van der Waals surface area (Å²) < 4.78 is 1.03. The summed E-state index contributed by atoms with van der Waals surface area (Å²) in [5.74, 6) is -0.453. The highest BCUT2D eigenvalue weighted by Crippen LogP contribution is 2.28. The number of fused-ring (bicyclic) bond motifs is 1. The summed E-state index contributed by atoms with van der Waals surface area (Å²) in [5.41, 5.74) is 1.98. The number of benzene rings is 1. The van der Waals surface area contributed by atoms with E-state index in [0.29, 0.717) is 5.13 Å². The highest BCUT2D eigenvalue weighted by Gasteiger charge is 2.24. The first-order valence-electron chi connectivity index (χ1n) is 6.82. The third kappa shape index (κ3) is 3.58. The SMILES string of the molecule is CC(=O)NC(C(=O)Nc1nc2c(C)cccc2s1)C(C)C. The molecule has 1 atom stereocenters. The molecule has 0 spiro atoms. The molecule has 0 bridgehead atoms. The van der Waals surface area contributed by atoms with Crippen LogP contribution in [0.15, 0.2) is 18.2 Å². The Kier molecular flexibility index (Phi) is 4.57. The Morgan fingerprint density at radius 1 is 1.29 bits per heavy atom. The Hall–Kier alpha value is -1.95. The fourth-order valence-corrected chi connectivity index (χ4v) is 3.02. The summed E-state index contributed by atoms with van der Waals surface area (Å²) in [5, 5.41) is 6.03. The van der Waals surface area contributed by atoms with E-state index in [-0.39, 0.29) is 17.7 Å². The lowest BCUT2D eigenvalue weighted by atomic mass is 10.0. The molecule has 0 aliphatic heterocycles. The zero-order chi connectivity index (χ0) is 15.6. The van der Waals surface area contributed by atoms with E-state index in [0.717, 1.165) is 15.8 Å². The molecule has 112 valence electrons. The molecule has 1 aromatic carbocycles. The van der Waals surface area contributed by atoms with Gasteiger partial charge in [0.1, 0.15) is 6.04 Å². The van der Waals surface area contributed by atoms with Gasteiger partial charge in [-0.2, -0.15) is 0 Å². The first kappa shape index (κ1) is 15.4. The minimum atomic E-state index is -0.560. The van der Waals surface area contributed by atoms with Crippen molar-refractivity contribution in [3.63, 3.8) is 0 Å². The van der Waals surface area contributed by atoms with Crippen LogP contribution < -0.4 is 10.6 Å². The largest absolute Gasteiger partial charge is 0.344 e. The second kappa shape index (κ2) is 6.22. The fraction of sp³-hybridized carbons (Fsp3) is 0.400. The van der Waals surface area contributed by atoms with Gasteiger partial charge >= 0.3 is 0 Å². The number of carbonyl (C=O) groups is 2. The number of aryl methyl sites for hydroxylation is 1. The smallest absolute Gasteiger partial charge is 0.248 e. The van der Waals surface area contributed by atoms with E-state index in [2.05, 4.69) is 15.6 Å². The number of hydrogen-bond acceptors (Lipinski definition) is 4. The molecule has 1 heterocycles. The van der Waals surface area contributed by atoms with Crippen LogP contribution in [0.5, 0.6) is 0 Å². The average molecular weight is 305 g/mol. The quantitative estimate of drug-likeness (QED) is 0.912. The third-order valence-electron chi connectivity index (χ3n) is 3.16. The molecule has 0 aliphatic carbocycles. The standard InChI is InChI=1S/C15H19N3O2S/c1-8(2)12(16-10(4)19)14(20)18-15-17-13-9(3)6-5-7-11(13)21-15/h5-8,12H,1-4H3,(H,16,19)(H,17,18,20). The maximum atomic E-state index is 12.3. The summed E-state index contributed by atoms with van der Waals surface area (Å²) in [7, 11) is 0. The maximum absolute atomic E-state index is 12.3. The lowest BCUT2D eigenvalue weighted by Crippen LogP contribution is -2.46. The average Bonchev–Trinajstić information content (AvgIpc) is 2.79. The number of aromatic nitrogens is 1. The molecule has 21 heavy (non-hydrogen) atoms. The predicted molar refractivity (Wildman–Crippen MR) is 85.4 cm³/mol. The summed E-state index contributed by atoms with van der Waals surface area (Å²) in [6.07, 6.45) is 0. The van der Waals surface area contributed by atoms with Gasteiger partial charge in [-0.1, -0.05) is 37.3 Å². The van der Waals surface area contributed by atoms with Crippen molar-refractivity contribution in [2.75, 3.05) is 5.32 Å². The van der Waals surface area contributed by atoms with Gasteiger partial charge in [-0.3, -0.25) is 9.59 Å².